The molecule has 134 valence electrons. The summed E-state index contributed by atoms with van der Waals surface area (Å²) in [5, 5.41) is 2.10. The van der Waals surface area contributed by atoms with Crippen molar-refractivity contribution in [1.29, 1.82) is 0 Å². The predicted octanol–water partition coefficient (Wildman–Crippen LogP) is 2.93. The van der Waals surface area contributed by atoms with Crippen LogP contribution in [0.5, 0.6) is 0 Å². The minimum Gasteiger partial charge on any atom is -0.297 e. The Hall–Kier alpha value is -1.21. The lowest BCUT2D eigenvalue weighted by Crippen LogP contribution is -2.56. The first-order valence-electron chi connectivity index (χ1n) is 8.76. The zero-order valence-electron chi connectivity index (χ0n) is 14.5. The summed E-state index contributed by atoms with van der Waals surface area (Å²) < 4.78 is 26.5. The van der Waals surface area contributed by atoms with E-state index in [1.54, 1.807) is 15.6 Å². The molecular formula is C19H24N2O2S2. The number of fused-ring (bicyclic) bond motifs is 1. The fourth-order valence-corrected chi connectivity index (χ4v) is 6.47. The van der Waals surface area contributed by atoms with Gasteiger partial charge in [-0.05, 0) is 36.4 Å². The second-order valence-corrected chi connectivity index (χ2v) is 10.2. The number of thiophene rings is 1. The van der Waals surface area contributed by atoms with E-state index in [0.717, 1.165) is 32.5 Å². The van der Waals surface area contributed by atoms with E-state index in [0.29, 0.717) is 6.54 Å². The SMILES string of the molecule is CS(=O)(=O)N1CC[C@@]2(c3ccccc3)CCN(Cc3cccs3)C[C@H]12. The maximum Gasteiger partial charge on any atom is 0.211 e. The molecule has 2 fully saturated rings. The molecule has 1 aromatic heterocycles. The van der Waals surface area contributed by atoms with E-state index in [2.05, 4.69) is 46.7 Å². The standard InChI is InChI=1S/C19H24N2O2S2/c1-25(22,23)21-12-10-19(16-6-3-2-4-7-16)9-11-20(15-18(19)21)14-17-8-5-13-24-17/h2-8,13,18H,9-12,14-15H2,1H3/t18-,19+/m0/s1. The summed E-state index contributed by atoms with van der Waals surface area (Å²) in [7, 11) is -3.20. The van der Waals surface area contributed by atoms with Crippen molar-refractivity contribution >= 4 is 21.4 Å². The molecule has 0 unspecified atom stereocenters. The van der Waals surface area contributed by atoms with E-state index in [9.17, 15) is 8.42 Å². The van der Waals surface area contributed by atoms with Crippen LogP contribution < -0.4 is 0 Å². The van der Waals surface area contributed by atoms with Crippen molar-refractivity contribution in [1.82, 2.24) is 9.21 Å². The van der Waals surface area contributed by atoms with Crippen LogP contribution >= 0.6 is 11.3 Å². The van der Waals surface area contributed by atoms with Gasteiger partial charge < -0.3 is 0 Å². The molecule has 4 nitrogen and oxygen atoms in total. The monoisotopic (exact) mass is 376 g/mol. The highest BCUT2D eigenvalue weighted by atomic mass is 32.2. The average Bonchev–Trinajstić information content (AvgIpc) is 3.23. The van der Waals surface area contributed by atoms with Crippen molar-refractivity contribution in [3.63, 3.8) is 0 Å². The number of hydrogen-bond donors (Lipinski definition) is 0. The lowest BCUT2D eigenvalue weighted by atomic mass is 9.69. The van der Waals surface area contributed by atoms with E-state index >= 15 is 0 Å². The van der Waals surface area contributed by atoms with Crippen molar-refractivity contribution in [2.24, 2.45) is 0 Å². The van der Waals surface area contributed by atoms with Gasteiger partial charge in [0.15, 0.2) is 0 Å². The molecule has 0 radical (unpaired) electrons. The van der Waals surface area contributed by atoms with Crippen molar-refractivity contribution in [2.45, 2.75) is 30.8 Å². The highest BCUT2D eigenvalue weighted by molar-refractivity contribution is 7.88. The third-order valence-corrected chi connectivity index (χ3v) is 7.95. The van der Waals surface area contributed by atoms with Crippen LogP contribution in [-0.4, -0.2) is 49.6 Å². The van der Waals surface area contributed by atoms with E-state index in [1.807, 2.05) is 6.07 Å². The Bertz CT molecular complexity index is 820. The Balaban J connectivity index is 1.66. The van der Waals surface area contributed by atoms with Gasteiger partial charge in [0.05, 0.1) is 6.26 Å². The molecule has 0 aliphatic carbocycles. The van der Waals surface area contributed by atoms with Crippen LogP contribution in [0.4, 0.5) is 0 Å². The fraction of sp³-hybridized carbons (Fsp3) is 0.474. The third kappa shape index (κ3) is 3.16. The van der Waals surface area contributed by atoms with Crippen LogP contribution in [-0.2, 0) is 22.0 Å². The van der Waals surface area contributed by atoms with E-state index < -0.39 is 10.0 Å². The smallest absolute Gasteiger partial charge is 0.211 e. The maximum atomic E-state index is 12.4. The summed E-state index contributed by atoms with van der Waals surface area (Å²) >= 11 is 1.77. The van der Waals surface area contributed by atoms with Crippen molar-refractivity contribution in [2.75, 3.05) is 25.9 Å². The molecule has 2 atom stereocenters. The summed E-state index contributed by atoms with van der Waals surface area (Å²) in [5.41, 5.74) is 1.25. The van der Waals surface area contributed by atoms with E-state index in [-0.39, 0.29) is 11.5 Å². The number of benzene rings is 1. The van der Waals surface area contributed by atoms with Crippen molar-refractivity contribution < 1.29 is 8.42 Å². The summed E-state index contributed by atoms with van der Waals surface area (Å²) in [6, 6.07) is 14.8. The molecular weight excluding hydrogens is 352 g/mol. The summed E-state index contributed by atoms with van der Waals surface area (Å²) in [6.45, 7) is 3.36. The zero-order chi connectivity index (χ0) is 17.5. The van der Waals surface area contributed by atoms with Gasteiger partial charge in [-0.2, -0.15) is 4.31 Å². The quantitative estimate of drug-likeness (QED) is 0.824. The molecule has 2 aliphatic rings. The largest absolute Gasteiger partial charge is 0.297 e. The third-order valence-electron chi connectivity index (χ3n) is 5.80. The van der Waals surface area contributed by atoms with Gasteiger partial charge >= 0.3 is 0 Å². The summed E-state index contributed by atoms with van der Waals surface area (Å²) in [6.07, 6.45) is 3.28. The normalized spacial score (nSPS) is 28.1. The molecule has 0 amide bonds. The van der Waals surface area contributed by atoms with Gasteiger partial charge in [0.2, 0.25) is 10.0 Å². The highest BCUT2D eigenvalue weighted by Crippen LogP contribution is 2.46. The summed E-state index contributed by atoms with van der Waals surface area (Å²) in [5.74, 6) is 0. The van der Waals surface area contributed by atoms with Gasteiger partial charge in [-0.15, -0.1) is 11.3 Å². The first-order valence-corrected chi connectivity index (χ1v) is 11.5. The van der Waals surface area contributed by atoms with Gasteiger partial charge in [-0.25, -0.2) is 8.42 Å². The predicted molar refractivity (Wildman–Crippen MR) is 102 cm³/mol. The van der Waals surface area contributed by atoms with Crippen LogP contribution in [0.2, 0.25) is 0 Å². The maximum absolute atomic E-state index is 12.4. The number of piperidine rings is 1. The molecule has 3 heterocycles. The van der Waals surface area contributed by atoms with Crippen LogP contribution in [0.25, 0.3) is 0 Å². The molecule has 6 heteroatoms. The van der Waals surface area contributed by atoms with E-state index in [4.69, 9.17) is 0 Å². The Labute approximate surface area is 154 Å². The number of sulfonamides is 1. The molecule has 1 aromatic carbocycles. The van der Waals surface area contributed by atoms with Crippen LogP contribution in [0.15, 0.2) is 47.8 Å². The Kier molecular flexibility index (Phi) is 4.48. The average molecular weight is 377 g/mol. The second kappa shape index (κ2) is 6.50. The van der Waals surface area contributed by atoms with Gasteiger partial charge in [0.1, 0.15) is 0 Å². The molecule has 0 spiro atoms. The lowest BCUT2D eigenvalue weighted by Gasteiger charge is -2.46. The van der Waals surface area contributed by atoms with Crippen molar-refractivity contribution in [3.8, 4) is 0 Å². The number of rotatable bonds is 4. The molecule has 2 saturated heterocycles. The first kappa shape index (κ1) is 17.2. The number of nitrogens with zero attached hydrogens (tertiary/aromatic N) is 2. The Morgan fingerprint density at radius 2 is 1.88 bits per heavy atom. The van der Waals surface area contributed by atoms with Crippen LogP contribution in [0.1, 0.15) is 23.3 Å². The van der Waals surface area contributed by atoms with Gasteiger partial charge in [-0.1, -0.05) is 36.4 Å². The first-order chi connectivity index (χ1) is 12.0. The van der Waals surface area contributed by atoms with E-state index in [1.165, 1.54) is 16.7 Å². The zero-order valence-corrected chi connectivity index (χ0v) is 16.1. The second-order valence-electron chi connectivity index (χ2n) is 7.23. The number of hydrogen-bond acceptors (Lipinski definition) is 4. The minimum absolute atomic E-state index is 0.0265. The Morgan fingerprint density at radius 1 is 1.12 bits per heavy atom. The molecule has 25 heavy (non-hydrogen) atoms. The topological polar surface area (TPSA) is 40.6 Å². The lowest BCUT2D eigenvalue weighted by molar-refractivity contribution is 0.111. The van der Waals surface area contributed by atoms with Gasteiger partial charge in [0, 0.05) is 36.0 Å². The fourth-order valence-electron chi connectivity index (χ4n) is 4.57. The highest BCUT2D eigenvalue weighted by Gasteiger charge is 2.53. The molecule has 0 bridgehead atoms. The Morgan fingerprint density at radius 3 is 2.56 bits per heavy atom. The molecule has 4 rings (SSSR count). The van der Waals surface area contributed by atoms with Gasteiger partial charge in [-0.3, -0.25) is 4.90 Å². The molecule has 2 aromatic rings. The molecule has 0 saturated carbocycles. The van der Waals surface area contributed by atoms with Crippen LogP contribution in [0, 0.1) is 0 Å². The van der Waals surface area contributed by atoms with Crippen molar-refractivity contribution in [3.05, 3.63) is 58.3 Å². The molecule has 0 N–H and O–H groups in total. The van der Waals surface area contributed by atoms with Gasteiger partial charge in [0.25, 0.3) is 0 Å². The minimum atomic E-state index is -3.20. The summed E-state index contributed by atoms with van der Waals surface area (Å²) in [4.78, 5) is 3.76. The van der Waals surface area contributed by atoms with Crippen LogP contribution in [0.3, 0.4) is 0 Å². The number of likely N-dealkylation sites (tertiary alicyclic amines) is 1. The molecule has 2 aliphatic heterocycles.